The minimum absolute atomic E-state index is 0.148. The molecular weight excluding hydrogens is 1330 g/mol. The Bertz CT molecular complexity index is 1820. The standard InChI is InChI=1S/C41H56F28O19/c42-28(43,19-81-11-23(72)3-1-7-77-13-25(74)15-79-9-5-70)34(54,55)85-38(62,63)32(50,51)40(66,67)87-36(58,59)30(46,47)21-83-17-27(76)18-84-22-31(48,49)37(60,61)88-41(68,69)33(52,53)39(64,65)86-35(56,57)29(44,45)20-82-12-24(73)4-2-8-78-14-26(75)16-80-10-6-71/h23-27,70-76H,1-22H2. The molecule has 19 nitrogen and oxygen atoms in total. The Hall–Kier alpha value is -2.72. The van der Waals surface area contributed by atoms with Gasteiger partial charge in [-0.3, -0.25) is 0 Å². The second-order valence-corrected chi connectivity index (χ2v) is 17.9. The summed E-state index contributed by atoms with van der Waals surface area (Å²) >= 11 is 0. The molecule has 0 aromatic carbocycles. The first kappa shape index (κ1) is 85.3. The number of aliphatic hydroxyl groups is 7. The van der Waals surface area contributed by atoms with Gasteiger partial charge in [0.1, 0.15) is 44.7 Å². The number of rotatable bonds is 52. The molecule has 530 valence electrons. The van der Waals surface area contributed by atoms with Crippen LogP contribution in [0, 0.1) is 0 Å². The van der Waals surface area contributed by atoms with Crippen LogP contribution in [0.2, 0.25) is 0 Å². The molecule has 7 N–H and O–H groups in total. The van der Waals surface area contributed by atoms with Gasteiger partial charge >= 0.3 is 84.4 Å². The molecule has 0 spiro atoms. The van der Waals surface area contributed by atoms with Crippen molar-refractivity contribution in [2.24, 2.45) is 0 Å². The Morgan fingerprint density at radius 2 is 0.420 bits per heavy atom. The fourth-order valence-corrected chi connectivity index (χ4v) is 5.33. The SMILES string of the molecule is OCCOCC(O)COCCCC(O)COCC(F)(F)C(F)(F)OC(F)(F)C(F)(F)C(F)(F)OC(F)(F)C(F)(F)COCC(O)COCC(F)(F)C(F)(F)OC(F)(F)C(F)(F)C(F)(F)OC(F)(F)C(F)(F)COCC(O)CCCOCC(O)COCCO. The van der Waals surface area contributed by atoms with E-state index in [1.165, 1.54) is 0 Å². The lowest BCUT2D eigenvalue weighted by atomic mass is 10.2. The number of aliphatic hydroxyl groups excluding tert-OH is 7. The van der Waals surface area contributed by atoms with Gasteiger partial charge in [0.25, 0.3) is 0 Å². The summed E-state index contributed by atoms with van der Waals surface area (Å²) in [5.74, 6) is -42.1. The van der Waals surface area contributed by atoms with Gasteiger partial charge in [0.05, 0.1) is 91.5 Å². The zero-order valence-electron chi connectivity index (χ0n) is 44.1. The second-order valence-electron chi connectivity index (χ2n) is 17.9. The van der Waals surface area contributed by atoms with Gasteiger partial charge in [-0.2, -0.15) is 123 Å². The summed E-state index contributed by atoms with van der Waals surface area (Å²) < 4.78 is 436. The first-order valence-electron chi connectivity index (χ1n) is 24.0. The molecule has 4 atom stereocenters. The van der Waals surface area contributed by atoms with Crippen LogP contribution in [0.3, 0.4) is 0 Å². The van der Waals surface area contributed by atoms with Gasteiger partial charge in [0, 0.05) is 13.2 Å². The highest BCUT2D eigenvalue weighted by Crippen LogP contribution is 2.56. The van der Waals surface area contributed by atoms with Gasteiger partial charge in [-0.15, -0.1) is 0 Å². The van der Waals surface area contributed by atoms with E-state index in [0.29, 0.717) is 0 Å². The molecule has 0 aromatic rings. The van der Waals surface area contributed by atoms with E-state index in [-0.39, 0.29) is 78.9 Å². The Kier molecular flexibility index (Phi) is 33.4. The minimum atomic E-state index is -8.11. The fourth-order valence-electron chi connectivity index (χ4n) is 5.33. The molecule has 0 amide bonds. The van der Waals surface area contributed by atoms with Crippen LogP contribution in [-0.2, 0) is 56.8 Å². The molecule has 0 bridgehead atoms. The van der Waals surface area contributed by atoms with Gasteiger partial charge in [0.15, 0.2) is 0 Å². The normalized spacial score (nSPS) is 16.5. The van der Waals surface area contributed by atoms with Crippen molar-refractivity contribution in [1.82, 2.24) is 0 Å². The lowest BCUT2D eigenvalue weighted by molar-refractivity contribution is -0.535. The van der Waals surface area contributed by atoms with Crippen LogP contribution in [0.1, 0.15) is 25.7 Å². The highest BCUT2D eigenvalue weighted by Gasteiger charge is 2.83. The third kappa shape index (κ3) is 26.0. The van der Waals surface area contributed by atoms with Gasteiger partial charge in [-0.05, 0) is 25.7 Å². The van der Waals surface area contributed by atoms with E-state index < -0.39 is 181 Å². The maximum absolute atomic E-state index is 14.1. The van der Waals surface area contributed by atoms with E-state index >= 15 is 0 Å². The van der Waals surface area contributed by atoms with Crippen molar-refractivity contribution in [3.05, 3.63) is 0 Å². The molecule has 0 saturated carbocycles. The minimum Gasteiger partial charge on any atom is -0.394 e. The molecule has 0 aliphatic heterocycles. The number of hydrogen-bond acceptors (Lipinski definition) is 19. The fraction of sp³-hybridized carbons (Fsp3) is 1.00. The topological polar surface area (TPSA) is 252 Å². The van der Waals surface area contributed by atoms with Crippen molar-refractivity contribution in [2.45, 2.75) is 141 Å². The molecule has 0 aliphatic carbocycles. The summed E-state index contributed by atoms with van der Waals surface area (Å²) in [5.41, 5.74) is 0. The molecule has 88 heavy (non-hydrogen) atoms. The quantitative estimate of drug-likeness (QED) is 0.0269. The molecule has 0 rings (SSSR count). The average molecular weight is 1380 g/mol. The zero-order chi connectivity index (χ0) is 68.9. The van der Waals surface area contributed by atoms with E-state index in [1.807, 2.05) is 9.47 Å². The van der Waals surface area contributed by atoms with E-state index in [2.05, 4.69) is 18.9 Å². The first-order chi connectivity index (χ1) is 39.6. The summed E-state index contributed by atoms with van der Waals surface area (Å²) in [4.78, 5) is 0. The van der Waals surface area contributed by atoms with Crippen LogP contribution in [0.5, 0.6) is 0 Å². The van der Waals surface area contributed by atoms with Gasteiger partial charge in [0.2, 0.25) is 0 Å². The molecule has 4 unspecified atom stereocenters. The molecule has 47 heteroatoms. The smallest absolute Gasteiger partial charge is 0.394 e. The number of alkyl halides is 28. The van der Waals surface area contributed by atoms with Crippen LogP contribution in [0.4, 0.5) is 123 Å². The Morgan fingerprint density at radius 3 is 0.625 bits per heavy atom. The molecule has 0 fully saturated rings. The van der Waals surface area contributed by atoms with Gasteiger partial charge < -0.3 is 73.6 Å². The van der Waals surface area contributed by atoms with Crippen LogP contribution in [0.15, 0.2) is 0 Å². The van der Waals surface area contributed by atoms with Crippen molar-refractivity contribution >= 4 is 0 Å². The maximum Gasteiger partial charge on any atom is 0.433 e. The molecule has 0 aromatic heterocycles. The summed E-state index contributed by atoms with van der Waals surface area (Å²) in [6.07, 6.45) is -70.9. The summed E-state index contributed by atoms with van der Waals surface area (Å²) in [6.45, 7) is -22.5. The lowest BCUT2D eigenvalue weighted by Gasteiger charge is -2.37. The molecule has 0 radical (unpaired) electrons. The highest BCUT2D eigenvalue weighted by molar-refractivity contribution is 4.93. The van der Waals surface area contributed by atoms with Crippen molar-refractivity contribution in [1.29, 1.82) is 0 Å². The van der Waals surface area contributed by atoms with E-state index in [9.17, 15) is 148 Å². The molecule has 0 saturated heterocycles. The Morgan fingerprint density at radius 1 is 0.239 bits per heavy atom. The third-order valence-electron chi connectivity index (χ3n) is 9.93. The monoisotopic (exact) mass is 1380 g/mol. The maximum atomic E-state index is 14.1. The predicted molar refractivity (Wildman–Crippen MR) is 223 cm³/mol. The molecule has 0 aliphatic rings. The van der Waals surface area contributed by atoms with E-state index in [1.54, 1.807) is 9.47 Å². The van der Waals surface area contributed by atoms with Crippen molar-refractivity contribution in [3.63, 3.8) is 0 Å². The van der Waals surface area contributed by atoms with Crippen LogP contribution >= 0.6 is 0 Å². The van der Waals surface area contributed by atoms with Crippen molar-refractivity contribution < 1.29 is 216 Å². The number of halogens is 28. The van der Waals surface area contributed by atoms with Crippen LogP contribution in [-0.4, -0.2) is 270 Å². The highest BCUT2D eigenvalue weighted by atomic mass is 19.4. The summed E-state index contributed by atoms with van der Waals surface area (Å²) in [7, 11) is 0. The van der Waals surface area contributed by atoms with Crippen molar-refractivity contribution in [2.75, 3.05) is 119 Å². The lowest BCUT2D eigenvalue weighted by Crippen LogP contribution is -2.63. The van der Waals surface area contributed by atoms with Crippen molar-refractivity contribution in [3.8, 4) is 0 Å². The van der Waals surface area contributed by atoms with Gasteiger partial charge in [-0.1, -0.05) is 0 Å². The van der Waals surface area contributed by atoms with E-state index in [0.717, 1.165) is 0 Å². The van der Waals surface area contributed by atoms with Crippen LogP contribution in [0.25, 0.3) is 0 Å². The third-order valence-corrected chi connectivity index (χ3v) is 9.93. The number of ether oxygens (including phenoxy) is 12. The number of hydrogen-bond donors (Lipinski definition) is 7. The summed E-state index contributed by atoms with van der Waals surface area (Å²) in [6, 6.07) is 0. The predicted octanol–water partition coefficient (Wildman–Crippen LogP) is 6.09. The zero-order valence-corrected chi connectivity index (χ0v) is 44.1. The first-order valence-corrected chi connectivity index (χ1v) is 24.0. The van der Waals surface area contributed by atoms with Crippen LogP contribution < -0.4 is 0 Å². The second kappa shape index (κ2) is 34.4. The largest absolute Gasteiger partial charge is 0.433 e. The van der Waals surface area contributed by atoms with E-state index in [4.69, 9.17) is 29.2 Å². The molecular formula is C41H56F28O19. The Labute approximate surface area is 475 Å². The Balaban J connectivity index is 5.47. The summed E-state index contributed by atoms with van der Waals surface area (Å²) in [5, 5.41) is 65.1. The molecule has 0 heterocycles. The average Bonchev–Trinajstić information content (AvgIpc) is 0.797. The van der Waals surface area contributed by atoms with Gasteiger partial charge in [-0.25, -0.2) is 18.9 Å².